The van der Waals surface area contributed by atoms with Crippen LogP contribution in [0.25, 0.3) is 10.6 Å². The van der Waals surface area contributed by atoms with E-state index in [-0.39, 0.29) is 18.1 Å². The van der Waals surface area contributed by atoms with E-state index in [2.05, 4.69) is 15.0 Å². The first kappa shape index (κ1) is 21.4. The van der Waals surface area contributed by atoms with Crippen molar-refractivity contribution in [3.8, 4) is 22.2 Å². The summed E-state index contributed by atoms with van der Waals surface area (Å²) in [6, 6.07) is 11.2. The minimum absolute atomic E-state index is 0.0780. The Morgan fingerprint density at radius 1 is 1.03 bits per heavy atom. The summed E-state index contributed by atoms with van der Waals surface area (Å²) in [7, 11) is 0. The second-order valence-electron chi connectivity index (χ2n) is 6.44. The van der Waals surface area contributed by atoms with Gasteiger partial charge < -0.3 is 9.47 Å². The monoisotopic (exact) mass is 457 g/mol. The third-order valence-electron chi connectivity index (χ3n) is 4.20. The molecule has 3 aromatic heterocycles. The van der Waals surface area contributed by atoms with Gasteiger partial charge in [0.15, 0.2) is 0 Å². The van der Waals surface area contributed by atoms with Crippen LogP contribution in [0.5, 0.6) is 11.6 Å². The predicted molar refractivity (Wildman–Crippen MR) is 110 cm³/mol. The van der Waals surface area contributed by atoms with Gasteiger partial charge in [-0.1, -0.05) is 12.1 Å². The van der Waals surface area contributed by atoms with Gasteiger partial charge in [0, 0.05) is 23.3 Å². The van der Waals surface area contributed by atoms with Crippen molar-refractivity contribution in [2.75, 3.05) is 0 Å². The number of carbonyl (C=O) groups excluding carboxylic acids is 1. The fourth-order valence-corrected chi connectivity index (χ4v) is 3.48. The molecule has 6 nitrogen and oxygen atoms in total. The van der Waals surface area contributed by atoms with Crippen molar-refractivity contribution in [2.45, 2.75) is 12.8 Å². The van der Waals surface area contributed by atoms with Gasteiger partial charge in [-0.25, -0.2) is 14.8 Å². The SMILES string of the molecule is O=C(OCc1csc(-c2ccc(C(F)(F)F)cc2)n1)c1cccnc1Oc1cccnc1. The molecule has 0 aliphatic heterocycles. The Bertz CT molecular complexity index is 1210. The molecule has 0 bridgehead atoms. The molecule has 162 valence electrons. The van der Waals surface area contributed by atoms with Gasteiger partial charge >= 0.3 is 12.1 Å². The summed E-state index contributed by atoms with van der Waals surface area (Å²) >= 11 is 1.24. The predicted octanol–water partition coefficient (Wildman–Crippen LogP) is 5.77. The summed E-state index contributed by atoms with van der Waals surface area (Å²) in [4.78, 5) is 24.9. The normalized spacial score (nSPS) is 11.2. The molecule has 0 atom stereocenters. The van der Waals surface area contributed by atoms with E-state index >= 15 is 0 Å². The lowest BCUT2D eigenvalue weighted by molar-refractivity contribution is -0.137. The molecule has 0 saturated carbocycles. The van der Waals surface area contributed by atoms with E-state index in [0.717, 1.165) is 12.1 Å². The van der Waals surface area contributed by atoms with Gasteiger partial charge in [0.05, 0.1) is 17.5 Å². The molecule has 32 heavy (non-hydrogen) atoms. The number of halogens is 3. The van der Waals surface area contributed by atoms with Gasteiger partial charge in [-0.05, 0) is 36.4 Å². The van der Waals surface area contributed by atoms with Crippen molar-refractivity contribution in [3.05, 3.63) is 89.3 Å². The molecule has 0 unspecified atom stereocenters. The number of hydrogen-bond acceptors (Lipinski definition) is 7. The minimum Gasteiger partial charge on any atom is -0.455 e. The topological polar surface area (TPSA) is 74.2 Å². The largest absolute Gasteiger partial charge is 0.455 e. The zero-order chi connectivity index (χ0) is 22.6. The Labute approximate surface area is 184 Å². The van der Waals surface area contributed by atoms with E-state index in [4.69, 9.17) is 9.47 Å². The first-order chi connectivity index (χ1) is 15.4. The Balaban J connectivity index is 1.42. The number of alkyl halides is 3. The Morgan fingerprint density at radius 2 is 1.81 bits per heavy atom. The number of pyridine rings is 2. The summed E-state index contributed by atoms with van der Waals surface area (Å²) < 4.78 is 49.1. The lowest BCUT2D eigenvalue weighted by Crippen LogP contribution is -2.08. The number of thiazole rings is 1. The van der Waals surface area contributed by atoms with Crippen molar-refractivity contribution in [2.24, 2.45) is 0 Å². The summed E-state index contributed by atoms with van der Waals surface area (Å²) in [6.07, 6.45) is 0.168. The molecule has 4 rings (SSSR count). The minimum atomic E-state index is -4.40. The molecule has 0 N–H and O–H groups in total. The standard InChI is InChI=1S/C22H14F3N3O3S/c23-22(24,25)15-7-5-14(6-8-15)20-28-16(13-32-20)12-30-21(29)18-4-2-10-27-19(18)31-17-3-1-9-26-11-17/h1-11,13H,12H2. The van der Waals surface area contributed by atoms with E-state index in [0.29, 0.717) is 22.0 Å². The molecule has 4 aromatic rings. The highest BCUT2D eigenvalue weighted by atomic mass is 32.1. The van der Waals surface area contributed by atoms with Crippen LogP contribution in [0, 0.1) is 0 Å². The van der Waals surface area contributed by atoms with Crippen LogP contribution in [-0.4, -0.2) is 20.9 Å². The van der Waals surface area contributed by atoms with Crippen LogP contribution in [0.4, 0.5) is 13.2 Å². The average molecular weight is 457 g/mol. The second kappa shape index (κ2) is 9.15. The second-order valence-corrected chi connectivity index (χ2v) is 7.30. The molecule has 0 radical (unpaired) electrons. The lowest BCUT2D eigenvalue weighted by atomic mass is 10.1. The van der Waals surface area contributed by atoms with Gasteiger partial charge in [0.25, 0.3) is 0 Å². The average Bonchev–Trinajstić information content (AvgIpc) is 3.27. The van der Waals surface area contributed by atoms with Crippen LogP contribution in [0.3, 0.4) is 0 Å². The zero-order valence-electron chi connectivity index (χ0n) is 16.2. The summed E-state index contributed by atoms with van der Waals surface area (Å²) in [5.41, 5.74) is 0.416. The highest BCUT2D eigenvalue weighted by Gasteiger charge is 2.30. The van der Waals surface area contributed by atoms with Gasteiger partial charge in [0.1, 0.15) is 22.9 Å². The third-order valence-corrected chi connectivity index (χ3v) is 5.14. The van der Waals surface area contributed by atoms with Crippen LogP contribution in [0.2, 0.25) is 0 Å². The van der Waals surface area contributed by atoms with E-state index in [1.54, 1.807) is 29.8 Å². The van der Waals surface area contributed by atoms with Crippen LogP contribution in [0.15, 0.2) is 72.5 Å². The van der Waals surface area contributed by atoms with E-state index in [1.165, 1.54) is 41.9 Å². The van der Waals surface area contributed by atoms with Gasteiger partial charge in [-0.2, -0.15) is 13.2 Å². The number of rotatable bonds is 6. The molecule has 0 aliphatic rings. The Morgan fingerprint density at radius 3 is 2.53 bits per heavy atom. The number of benzene rings is 1. The van der Waals surface area contributed by atoms with Crippen LogP contribution in [0.1, 0.15) is 21.6 Å². The maximum absolute atomic E-state index is 12.7. The fourth-order valence-electron chi connectivity index (χ4n) is 2.67. The van der Waals surface area contributed by atoms with Crippen molar-refractivity contribution >= 4 is 17.3 Å². The highest BCUT2D eigenvalue weighted by molar-refractivity contribution is 7.13. The molecule has 0 saturated heterocycles. The van der Waals surface area contributed by atoms with Gasteiger partial charge in [-0.3, -0.25) is 4.98 Å². The molecule has 0 amide bonds. The number of nitrogens with zero attached hydrogens (tertiary/aromatic N) is 3. The van der Waals surface area contributed by atoms with E-state index in [1.807, 2.05) is 0 Å². The number of aromatic nitrogens is 3. The molecule has 0 spiro atoms. The number of hydrogen-bond donors (Lipinski definition) is 0. The van der Waals surface area contributed by atoms with E-state index in [9.17, 15) is 18.0 Å². The number of carbonyl (C=O) groups is 1. The van der Waals surface area contributed by atoms with Crippen LogP contribution in [-0.2, 0) is 17.5 Å². The van der Waals surface area contributed by atoms with Gasteiger partial charge in [-0.15, -0.1) is 11.3 Å². The van der Waals surface area contributed by atoms with Crippen molar-refractivity contribution < 1.29 is 27.4 Å². The maximum Gasteiger partial charge on any atom is 0.416 e. The molecular formula is C22H14F3N3O3S. The molecule has 3 heterocycles. The molecule has 1 aromatic carbocycles. The molecule has 0 fully saturated rings. The third kappa shape index (κ3) is 5.09. The lowest BCUT2D eigenvalue weighted by Gasteiger charge is -2.09. The first-order valence-electron chi connectivity index (χ1n) is 9.22. The van der Waals surface area contributed by atoms with Crippen molar-refractivity contribution in [3.63, 3.8) is 0 Å². The first-order valence-corrected chi connectivity index (χ1v) is 10.1. The summed E-state index contributed by atoms with van der Waals surface area (Å²) in [5, 5.41) is 2.20. The Hall–Kier alpha value is -3.79. The molecule has 10 heteroatoms. The van der Waals surface area contributed by atoms with Crippen LogP contribution >= 0.6 is 11.3 Å². The van der Waals surface area contributed by atoms with E-state index < -0.39 is 17.7 Å². The quantitative estimate of drug-likeness (QED) is 0.342. The van der Waals surface area contributed by atoms with Gasteiger partial charge in [0.2, 0.25) is 5.88 Å². The summed E-state index contributed by atoms with van der Waals surface area (Å²) in [6.45, 7) is -0.114. The van der Waals surface area contributed by atoms with Crippen LogP contribution < -0.4 is 4.74 Å². The van der Waals surface area contributed by atoms with Crippen molar-refractivity contribution in [1.29, 1.82) is 0 Å². The maximum atomic E-state index is 12.7. The van der Waals surface area contributed by atoms with Crippen molar-refractivity contribution in [1.82, 2.24) is 15.0 Å². The molecular weight excluding hydrogens is 443 g/mol. The zero-order valence-corrected chi connectivity index (χ0v) is 17.1. The number of esters is 1. The number of ether oxygens (including phenoxy) is 2. The highest BCUT2D eigenvalue weighted by Crippen LogP contribution is 2.32. The molecule has 0 aliphatic carbocycles. The smallest absolute Gasteiger partial charge is 0.416 e. The fraction of sp³-hybridized carbons (Fsp3) is 0.0909. The Kier molecular flexibility index (Phi) is 6.13. The summed E-state index contributed by atoms with van der Waals surface area (Å²) in [5.74, 6) is -0.156.